The van der Waals surface area contributed by atoms with Crippen LogP contribution in [0.2, 0.25) is 0 Å². The zero-order valence-corrected chi connectivity index (χ0v) is 16.6. The summed E-state index contributed by atoms with van der Waals surface area (Å²) in [6.45, 7) is 2.83. The molecule has 0 spiro atoms. The van der Waals surface area contributed by atoms with E-state index in [0.29, 0.717) is 18.9 Å². The molecule has 0 fully saturated rings. The number of nitrogens with one attached hydrogen (secondary N) is 1. The maximum absolute atomic E-state index is 13.6. The van der Waals surface area contributed by atoms with E-state index in [1.165, 1.54) is 12.1 Å². The van der Waals surface area contributed by atoms with E-state index < -0.39 is 0 Å². The Bertz CT molecular complexity index is 1120. The van der Waals surface area contributed by atoms with E-state index in [0.717, 1.165) is 11.1 Å². The number of carbonyl (C=O) groups is 1. The largest absolute Gasteiger partial charge is 0.350 e. The van der Waals surface area contributed by atoms with Crippen LogP contribution in [0.5, 0.6) is 0 Å². The predicted octanol–water partition coefficient (Wildman–Crippen LogP) is 3.79. The molecule has 7 heteroatoms. The Morgan fingerprint density at radius 1 is 1.07 bits per heavy atom. The van der Waals surface area contributed by atoms with E-state index in [-0.39, 0.29) is 23.3 Å². The second-order valence-corrected chi connectivity index (χ2v) is 7.16. The van der Waals surface area contributed by atoms with Gasteiger partial charge < -0.3 is 9.88 Å². The summed E-state index contributed by atoms with van der Waals surface area (Å²) in [6, 6.07) is 20.0. The van der Waals surface area contributed by atoms with Crippen molar-refractivity contribution in [1.29, 1.82) is 0 Å². The van der Waals surface area contributed by atoms with Crippen LogP contribution in [0.15, 0.2) is 79.1 Å². The van der Waals surface area contributed by atoms with E-state index >= 15 is 0 Å². The predicted molar refractivity (Wildman–Crippen MR) is 112 cm³/mol. The quantitative estimate of drug-likeness (QED) is 0.511. The maximum atomic E-state index is 13.6. The SMILES string of the molecule is CC(CNC(=O)c1nnn(Cc2cccc(F)c2)c1-n1cccc1)c1ccccc1. The molecule has 6 nitrogen and oxygen atoms in total. The highest BCUT2D eigenvalue weighted by molar-refractivity contribution is 5.95. The maximum Gasteiger partial charge on any atom is 0.275 e. The Morgan fingerprint density at radius 2 is 1.83 bits per heavy atom. The minimum Gasteiger partial charge on any atom is -0.350 e. The van der Waals surface area contributed by atoms with Gasteiger partial charge in [-0.25, -0.2) is 9.07 Å². The number of carbonyl (C=O) groups excluding carboxylic acids is 1. The second-order valence-electron chi connectivity index (χ2n) is 7.16. The number of benzene rings is 2. The third kappa shape index (κ3) is 4.30. The van der Waals surface area contributed by atoms with Crippen LogP contribution < -0.4 is 5.32 Å². The first-order valence-electron chi connectivity index (χ1n) is 9.76. The average Bonchev–Trinajstić information content (AvgIpc) is 3.42. The zero-order chi connectivity index (χ0) is 20.9. The number of aromatic nitrogens is 4. The molecule has 0 bridgehead atoms. The van der Waals surface area contributed by atoms with Gasteiger partial charge in [0.05, 0.1) is 6.54 Å². The first-order valence-corrected chi connectivity index (χ1v) is 9.76. The van der Waals surface area contributed by atoms with E-state index in [1.54, 1.807) is 15.3 Å². The van der Waals surface area contributed by atoms with Crippen molar-refractivity contribution in [1.82, 2.24) is 24.9 Å². The molecule has 0 radical (unpaired) electrons. The lowest BCUT2D eigenvalue weighted by Crippen LogP contribution is -2.29. The van der Waals surface area contributed by atoms with Gasteiger partial charge in [-0.1, -0.05) is 54.6 Å². The second kappa shape index (κ2) is 8.73. The van der Waals surface area contributed by atoms with E-state index in [2.05, 4.69) is 22.6 Å². The van der Waals surface area contributed by atoms with E-state index in [9.17, 15) is 9.18 Å². The molecule has 1 atom stereocenters. The lowest BCUT2D eigenvalue weighted by Gasteiger charge is -2.13. The van der Waals surface area contributed by atoms with Crippen LogP contribution in [0, 0.1) is 5.82 Å². The van der Waals surface area contributed by atoms with Crippen LogP contribution in [-0.4, -0.2) is 32.0 Å². The Labute approximate surface area is 174 Å². The molecule has 4 rings (SSSR count). The van der Waals surface area contributed by atoms with Gasteiger partial charge in [-0.05, 0) is 41.3 Å². The summed E-state index contributed by atoms with van der Waals surface area (Å²) in [5.41, 5.74) is 2.11. The van der Waals surface area contributed by atoms with Crippen molar-refractivity contribution in [3.8, 4) is 5.82 Å². The minimum absolute atomic E-state index is 0.160. The van der Waals surface area contributed by atoms with Crippen molar-refractivity contribution in [3.63, 3.8) is 0 Å². The van der Waals surface area contributed by atoms with Crippen LogP contribution in [0.25, 0.3) is 5.82 Å². The van der Waals surface area contributed by atoms with Crippen LogP contribution >= 0.6 is 0 Å². The third-order valence-corrected chi connectivity index (χ3v) is 4.93. The van der Waals surface area contributed by atoms with Gasteiger partial charge in [0, 0.05) is 18.9 Å². The molecule has 0 saturated heterocycles. The molecule has 1 N–H and O–H groups in total. The molecule has 1 amide bonds. The molecule has 2 heterocycles. The monoisotopic (exact) mass is 403 g/mol. The number of nitrogens with zero attached hydrogens (tertiary/aromatic N) is 4. The van der Waals surface area contributed by atoms with Crippen molar-refractivity contribution < 1.29 is 9.18 Å². The van der Waals surface area contributed by atoms with Gasteiger partial charge in [0.2, 0.25) is 0 Å². The smallest absolute Gasteiger partial charge is 0.275 e. The fraction of sp³-hybridized carbons (Fsp3) is 0.174. The molecule has 0 aliphatic carbocycles. The molecule has 2 aromatic carbocycles. The summed E-state index contributed by atoms with van der Waals surface area (Å²) in [4.78, 5) is 12.9. The molecule has 0 saturated carbocycles. The molecule has 2 aromatic heterocycles. The fourth-order valence-electron chi connectivity index (χ4n) is 3.33. The standard InChI is InChI=1S/C23H22FN5O/c1-17(19-9-3-2-4-10-19)15-25-22(30)21-23(28-12-5-6-13-28)29(27-26-21)16-18-8-7-11-20(24)14-18/h2-14,17H,15-16H2,1H3,(H,25,30). The minimum atomic E-state index is -0.317. The lowest BCUT2D eigenvalue weighted by atomic mass is 10.0. The molecular formula is C23H22FN5O. The summed E-state index contributed by atoms with van der Waals surface area (Å²) < 4.78 is 17.0. The first-order chi connectivity index (χ1) is 14.6. The van der Waals surface area contributed by atoms with Gasteiger partial charge in [0.25, 0.3) is 5.91 Å². The van der Waals surface area contributed by atoms with E-state index in [1.807, 2.05) is 60.9 Å². The van der Waals surface area contributed by atoms with E-state index in [4.69, 9.17) is 0 Å². The molecule has 0 aliphatic heterocycles. The first kappa shape index (κ1) is 19.6. The highest BCUT2D eigenvalue weighted by Crippen LogP contribution is 2.17. The zero-order valence-electron chi connectivity index (χ0n) is 16.6. The number of halogens is 1. The molecular weight excluding hydrogens is 381 g/mol. The van der Waals surface area contributed by atoms with Gasteiger partial charge in [-0.2, -0.15) is 0 Å². The number of hydrogen-bond acceptors (Lipinski definition) is 3. The number of amides is 1. The normalized spacial score (nSPS) is 11.9. The van der Waals surface area contributed by atoms with Crippen LogP contribution in [0.3, 0.4) is 0 Å². The van der Waals surface area contributed by atoms with Gasteiger partial charge in [0.1, 0.15) is 5.82 Å². The third-order valence-electron chi connectivity index (χ3n) is 4.93. The topological polar surface area (TPSA) is 64.7 Å². The van der Waals surface area contributed by atoms with Gasteiger partial charge in [-0.3, -0.25) is 4.79 Å². The summed E-state index contributed by atoms with van der Waals surface area (Å²) in [7, 11) is 0. The van der Waals surface area contributed by atoms with Crippen molar-refractivity contribution in [3.05, 3.63) is 102 Å². The van der Waals surface area contributed by atoms with Crippen LogP contribution in [0.1, 0.15) is 34.5 Å². The molecule has 1 unspecified atom stereocenters. The number of hydrogen-bond donors (Lipinski definition) is 1. The summed E-state index contributed by atoms with van der Waals surface area (Å²) >= 11 is 0. The van der Waals surface area contributed by atoms with Crippen molar-refractivity contribution in [2.45, 2.75) is 19.4 Å². The molecule has 4 aromatic rings. The van der Waals surface area contributed by atoms with Gasteiger partial charge in [0.15, 0.2) is 11.5 Å². The molecule has 152 valence electrons. The summed E-state index contributed by atoms with van der Waals surface area (Å²) in [5.74, 6) is 0.0802. The Morgan fingerprint density at radius 3 is 2.57 bits per heavy atom. The highest BCUT2D eigenvalue weighted by Gasteiger charge is 2.22. The van der Waals surface area contributed by atoms with Crippen LogP contribution in [0.4, 0.5) is 4.39 Å². The highest BCUT2D eigenvalue weighted by atomic mass is 19.1. The van der Waals surface area contributed by atoms with Crippen molar-refractivity contribution >= 4 is 5.91 Å². The Kier molecular flexibility index (Phi) is 5.70. The fourth-order valence-corrected chi connectivity index (χ4v) is 3.33. The van der Waals surface area contributed by atoms with Crippen LogP contribution in [-0.2, 0) is 6.54 Å². The average molecular weight is 403 g/mol. The number of rotatable bonds is 7. The van der Waals surface area contributed by atoms with Crippen molar-refractivity contribution in [2.75, 3.05) is 6.54 Å². The Balaban J connectivity index is 1.57. The van der Waals surface area contributed by atoms with Crippen molar-refractivity contribution in [2.24, 2.45) is 0 Å². The van der Waals surface area contributed by atoms with Gasteiger partial charge >= 0.3 is 0 Å². The molecule has 30 heavy (non-hydrogen) atoms. The Hall–Kier alpha value is -3.74. The lowest BCUT2D eigenvalue weighted by molar-refractivity contribution is 0.0946. The van der Waals surface area contributed by atoms with Gasteiger partial charge in [-0.15, -0.1) is 5.10 Å². The summed E-state index contributed by atoms with van der Waals surface area (Å²) in [5, 5.41) is 11.3. The molecule has 0 aliphatic rings. The summed E-state index contributed by atoms with van der Waals surface area (Å²) in [6.07, 6.45) is 3.65.